The predicted molar refractivity (Wildman–Crippen MR) is 108 cm³/mol. The zero-order chi connectivity index (χ0) is 19.2. The number of nitrogens with zero attached hydrogens (tertiary/aromatic N) is 2. The lowest BCUT2D eigenvalue weighted by Crippen LogP contribution is -2.49. The lowest BCUT2D eigenvalue weighted by atomic mass is 9.97. The highest BCUT2D eigenvalue weighted by Gasteiger charge is 2.20. The molecule has 152 valence electrons. The summed E-state index contributed by atoms with van der Waals surface area (Å²) in [5.74, 6) is 1.83. The SMILES string of the molecule is O=C(CN1CCN(Cc2ccc3c(c2)OCO3)CC1)NCCC1=CCCCC1. The van der Waals surface area contributed by atoms with E-state index in [1.54, 1.807) is 0 Å². The molecule has 6 heteroatoms. The molecule has 1 aliphatic carbocycles. The van der Waals surface area contributed by atoms with Gasteiger partial charge in [-0.2, -0.15) is 0 Å². The van der Waals surface area contributed by atoms with Gasteiger partial charge in [0.1, 0.15) is 0 Å². The highest BCUT2D eigenvalue weighted by atomic mass is 16.7. The molecule has 0 bridgehead atoms. The van der Waals surface area contributed by atoms with Gasteiger partial charge in [0, 0.05) is 39.3 Å². The molecule has 6 nitrogen and oxygen atoms in total. The topological polar surface area (TPSA) is 54.0 Å². The summed E-state index contributed by atoms with van der Waals surface area (Å²) >= 11 is 0. The molecule has 1 aromatic rings. The average Bonchev–Trinajstić information content (AvgIpc) is 3.18. The Labute approximate surface area is 167 Å². The monoisotopic (exact) mass is 385 g/mol. The molecule has 1 fully saturated rings. The lowest BCUT2D eigenvalue weighted by molar-refractivity contribution is -0.122. The number of carbonyl (C=O) groups excluding carboxylic acids is 1. The van der Waals surface area contributed by atoms with Crippen molar-refractivity contribution >= 4 is 5.91 Å². The van der Waals surface area contributed by atoms with Gasteiger partial charge < -0.3 is 14.8 Å². The molecule has 3 aliphatic rings. The maximum Gasteiger partial charge on any atom is 0.234 e. The second-order valence-electron chi connectivity index (χ2n) is 7.95. The summed E-state index contributed by atoms with van der Waals surface area (Å²) in [5, 5.41) is 3.09. The minimum absolute atomic E-state index is 0.153. The first-order chi connectivity index (χ1) is 13.8. The van der Waals surface area contributed by atoms with Crippen molar-refractivity contribution in [2.24, 2.45) is 0 Å². The Kier molecular flexibility index (Phi) is 6.49. The van der Waals surface area contributed by atoms with Crippen molar-refractivity contribution in [1.82, 2.24) is 15.1 Å². The largest absolute Gasteiger partial charge is 0.454 e. The third kappa shape index (κ3) is 5.26. The van der Waals surface area contributed by atoms with Crippen LogP contribution in [0.15, 0.2) is 29.8 Å². The molecule has 1 N–H and O–H groups in total. The molecule has 4 rings (SSSR count). The second kappa shape index (κ2) is 9.43. The third-order valence-corrected chi connectivity index (χ3v) is 5.83. The Bertz CT molecular complexity index is 711. The number of ether oxygens (including phenoxy) is 2. The van der Waals surface area contributed by atoms with Crippen molar-refractivity contribution in [3.8, 4) is 11.5 Å². The van der Waals surface area contributed by atoms with Gasteiger partial charge in [-0.1, -0.05) is 17.7 Å². The first kappa shape index (κ1) is 19.3. The van der Waals surface area contributed by atoms with Crippen LogP contribution in [0.4, 0.5) is 0 Å². The van der Waals surface area contributed by atoms with Gasteiger partial charge in [0.25, 0.3) is 0 Å². The number of piperazine rings is 1. The summed E-state index contributed by atoms with van der Waals surface area (Å²) < 4.78 is 10.8. The van der Waals surface area contributed by atoms with Crippen LogP contribution in [0.3, 0.4) is 0 Å². The van der Waals surface area contributed by atoms with E-state index in [0.717, 1.165) is 57.2 Å². The van der Waals surface area contributed by atoms with Gasteiger partial charge in [-0.15, -0.1) is 0 Å². The number of fused-ring (bicyclic) bond motifs is 1. The molecule has 0 aromatic heterocycles. The molecule has 2 heterocycles. The van der Waals surface area contributed by atoms with E-state index in [4.69, 9.17) is 9.47 Å². The van der Waals surface area contributed by atoms with E-state index in [1.165, 1.54) is 36.8 Å². The number of benzene rings is 1. The first-order valence-corrected chi connectivity index (χ1v) is 10.5. The quantitative estimate of drug-likeness (QED) is 0.731. The maximum atomic E-state index is 12.2. The molecule has 0 atom stereocenters. The zero-order valence-corrected chi connectivity index (χ0v) is 16.6. The van der Waals surface area contributed by atoms with Crippen molar-refractivity contribution in [2.45, 2.75) is 38.6 Å². The summed E-state index contributed by atoms with van der Waals surface area (Å²) in [6, 6.07) is 6.17. The normalized spacial score (nSPS) is 20.1. The molecule has 1 aromatic carbocycles. The van der Waals surface area contributed by atoms with Crippen LogP contribution in [0.1, 0.15) is 37.7 Å². The van der Waals surface area contributed by atoms with Crippen LogP contribution in [0, 0.1) is 0 Å². The van der Waals surface area contributed by atoms with Crippen molar-refractivity contribution < 1.29 is 14.3 Å². The molecular weight excluding hydrogens is 354 g/mol. The maximum absolute atomic E-state index is 12.2. The van der Waals surface area contributed by atoms with Crippen molar-refractivity contribution in [3.63, 3.8) is 0 Å². The van der Waals surface area contributed by atoms with Gasteiger partial charge in [0.2, 0.25) is 12.7 Å². The van der Waals surface area contributed by atoms with Crippen LogP contribution in [0.2, 0.25) is 0 Å². The van der Waals surface area contributed by atoms with E-state index in [2.05, 4.69) is 33.3 Å². The number of hydrogen-bond acceptors (Lipinski definition) is 5. The number of rotatable bonds is 7. The highest BCUT2D eigenvalue weighted by Crippen LogP contribution is 2.32. The van der Waals surface area contributed by atoms with Crippen molar-refractivity contribution in [3.05, 3.63) is 35.4 Å². The highest BCUT2D eigenvalue weighted by molar-refractivity contribution is 5.78. The summed E-state index contributed by atoms with van der Waals surface area (Å²) in [4.78, 5) is 16.9. The third-order valence-electron chi connectivity index (χ3n) is 5.83. The average molecular weight is 386 g/mol. The summed E-state index contributed by atoms with van der Waals surface area (Å²) in [5.41, 5.74) is 2.76. The molecule has 2 aliphatic heterocycles. The van der Waals surface area contributed by atoms with Gasteiger partial charge in [-0.05, 0) is 49.8 Å². The van der Waals surface area contributed by atoms with Crippen LogP contribution < -0.4 is 14.8 Å². The number of hydrogen-bond donors (Lipinski definition) is 1. The van der Waals surface area contributed by atoms with Crippen LogP contribution in [-0.4, -0.2) is 61.8 Å². The minimum Gasteiger partial charge on any atom is -0.454 e. The fourth-order valence-electron chi connectivity index (χ4n) is 4.16. The minimum atomic E-state index is 0.153. The number of allylic oxidation sites excluding steroid dienone is 1. The first-order valence-electron chi connectivity index (χ1n) is 10.5. The number of amides is 1. The molecule has 1 saturated heterocycles. The van der Waals surface area contributed by atoms with Gasteiger partial charge in [-0.3, -0.25) is 14.6 Å². The van der Waals surface area contributed by atoms with E-state index in [0.29, 0.717) is 13.3 Å². The number of nitrogens with one attached hydrogen (secondary N) is 1. The molecular formula is C22H31N3O3. The van der Waals surface area contributed by atoms with Crippen LogP contribution in [-0.2, 0) is 11.3 Å². The molecule has 28 heavy (non-hydrogen) atoms. The predicted octanol–water partition coefficient (Wildman–Crippen LogP) is 2.54. The number of carbonyl (C=O) groups is 1. The Morgan fingerprint density at radius 2 is 1.86 bits per heavy atom. The van der Waals surface area contributed by atoms with Gasteiger partial charge >= 0.3 is 0 Å². The van der Waals surface area contributed by atoms with E-state index in [-0.39, 0.29) is 5.91 Å². The fraction of sp³-hybridized carbons (Fsp3) is 0.591. The fourth-order valence-corrected chi connectivity index (χ4v) is 4.16. The summed E-state index contributed by atoms with van der Waals surface area (Å²) in [6.07, 6.45) is 8.40. The van der Waals surface area contributed by atoms with Crippen molar-refractivity contribution in [2.75, 3.05) is 46.1 Å². The Hall–Kier alpha value is -2.05. The molecule has 1 amide bonds. The van der Waals surface area contributed by atoms with Gasteiger partial charge in [0.15, 0.2) is 11.5 Å². The molecule has 0 unspecified atom stereocenters. The van der Waals surface area contributed by atoms with Crippen molar-refractivity contribution in [1.29, 1.82) is 0 Å². The van der Waals surface area contributed by atoms with E-state index >= 15 is 0 Å². The van der Waals surface area contributed by atoms with E-state index < -0.39 is 0 Å². The molecule has 0 spiro atoms. The Morgan fingerprint density at radius 3 is 2.68 bits per heavy atom. The summed E-state index contributed by atoms with van der Waals surface area (Å²) in [7, 11) is 0. The van der Waals surface area contributed by atoms with Crippen LogP contribution in [0.25, 0.3) is 0 Å². The lowest BCUT2D eigenvalue weighted by Gasteiger charge is -2.34. The van der Waals surface area contributed by atoms with Crippen LogP contribution >= 0.6 is 0 Å². The smallest absolute Gasteiger partial charge is 0.234 e. The van der Waals surface area contributed by atoms with Gasteiger partial charge in [-0.25, -0.2) is 0 Å². The van der Waals surface area contributed by atoms with Gasteiger partial charge in [0.05, 0.1) is 6.54 Å². The van der Waals surface area contributed by atoms with E-state index in [9.17, 15) is 4.79 Å². The molecule has 0 saturated carbocycles. The van der Waals surface area contributed by atoms with Crippen LogP contribution in [0.5, 0.6) is 11.5 Å². The van der Waals surface area contributed by atoms with E-state index in [1.807, 2.05) is 6.07 Å². The standard InChI is InChI=1S/C22H31N3O3/c26-22(23-9-8-18-4-2-1-3-5-18)16-25-12-10-24(11-13-25)15-19-6-7-20-21(14-19)28-17-27-20/h4,6-7,14H,1-3,5,8-13,15-17H2,(H,23,26). The Balaban J connectivity index is 1.14. The zero-order valence-electron chi connectivity index (χ0n) is 16.6. The second-order valence-corrected chi connectivity index (χ2v) is 7.95. The molecule has 0 radical (unpaired) electrons. The Morgan fingerprint density at radius 1 is 1.04 bits per heavy atom. The summed E-state index contributed by atoms with van der Waals surface area (Å²) in [6.45, 7) is 6.34.